The van der Waals surface area contributed by atoms with Gasteiger partial charge in [0, 0.05) is 12.1 Å². The minimum absolute atomic E-state index is 0.176. The third kappa shape index (κ3) is 4.16. The first-order chi connectivity index (χ1) is 7.42. The number of ether oxygens (including phenoxy) is 1. The Morgan fingerprint density at radius 3 is 2.69 bits per heavy atom. The minimum atomic E-state index is -0.898. The fourth-order valence-corrected chi connectivity index (χ4v) is 1.27. The molecule has 0 atom stereocenters. The zero-order chi connectivity index (χ0) is 12.2. The van der Waals surface area contributed by atoms with E-state index in [9.17, 15) is 9.50 Å². The summed E-state index contributed by atoms with van der Waals surface area (Å²) in [6.07, 6.45) is 0. The van der Waals surface area contributed by atoms with Gasteiger partial charge in [-0.05, 0) is 39.1 Å². The van der Waals surface area contributed by atoms with Crippen LogP contribution in [0.1, 0.15) is 19.4 Å². The zero-order valence-corrected chi connectivity index (χ0v) is 9.88. The summed E-state index contributed by atoms with van der Waals surface area (Å²) < 4.78 is 18.5. The summed E-state index contributed by atoms with van der Waals surface area (Å²) in [4.78, 5) is 0. The number of rotatable bonds is 5. The van der Waals surface area contributed by atoms with Gasteiger partial charge in [-0.1, -0.05) is 0 Å². The second kappa shape index (κ2) is 5.27. The van der Waals surface area contributed by atoms with Gasteiger partial charge in [-0.3, -0.25) is 0 Å². The molecule has 0 bridgehead atoms. The first kappa shape index (κ1) is 12.9. The Morgan fingerprint density at radius 2 is 2.12 bits per heavy atom. The lowest BCUT2D eigenvalue weighted by Crippen LogP contribution is -2.28. The van der Waals surface area contributed by atoms with Gasteiger partial charge in [-0.25, -0.2) is 4.39 Å². The number of benzene rings is 1. The molecule has 0 fully saturated rings. The van der Waals surface area contributed by atoms with Crippen LogP contribution in [0, 0.1) is 5.82 Å². The van der Waals surface area contributed by atoms with E-state index in [4.69, 9.17) is 4.74 Å². The molecule has 3 nitrogen and oxygen atoms in total. The molecule has 2 N–H and O–H groups in total. The van der Waals surface area contributed by atoms with E-state index in [-0.39, 0.29) is 12.4 Å². The molecule has 4 heteroatoms. The van der Waals surface area contributed by atoms with Gasteiger partial charge < -0.3 is 15.2 Å². The third-order valence-corrected chi connectivity index (χ3v) is 1.97. The number of hydrogen-bond acceptors (Lipinski definition) is 3. The Bertz CT molecular complexity index is 347. The molecule has 1 rings (SSSR count). The van der Waals surface area contributed by atoms with Gasteiger partial charge in [0.1, 0.15) is 18.2 Å². The molecule has 0 aliphatic rings. The molecule has 0 radical (unpaired) electrons. The number of halogens is 1. The van der Waals surface area contributed by atoms with Crippen molar-refractivity contribution >= 4 is 0 Å². The van der Waals surface area contributed by atoms with E-state index in [1.807, 2.05) is 0 Å². The second-order valence-electron chi connectivity index (χ2n) is 4.38. The average molecular weight is 227 g/mol. The van der Waals surface area contributed by atoms with Crippen molar-refractivity contribution in [1.82, 2.24) is 5.32 Å². The van der Waals surface area contributed by atoms with Crippen LogP contribution in [0.4, 0.5) is 4.39 Å². The van der Waals surface area contributed by atoms with Crippen LogP contribution in [0.15, 0.2) is 18.2 Å². The lowest BCUT2D eigenvalue weighted by Gasteiger charge is -2.19. The van der Waals surface area contributed by atoms with Crippen LogP contribution in [0.3, 0.4) is 0 Å². The standard InChI is InChI=1S/C12H18FNO2/c1-12(2,15)8-16-11-5-4-10(13)6-9(11)7-14-3/h4-6,14-15H,7-8H2,1-3H3. The van der Waals surface area contributed by atoms with Crippen molar-refractivity contribution in [1.29, 1.82) is 0 Å². The first-order valence-electron chi connectivity index (χ1n) is 5.20. The molecular weight excluding hydrogens is 209 g/mol. The van der Waals surface area contributed by atoms with Crippen molar-refractivity contribution in [2.24, 2.45) is 0 Å². The number of aliphatic hydroxyl groups is 1. The summed E-state index contributed by atoms with van der Waals surface area (Å²) in [7, 11) is 1.78. The topological polar surface area (TPSA) is 41.5 Å². The molecular formula is C12H18FNO2. The highest BCUT2D eigenvalue weighted by Gasteiger charge is 2.14. The highest BCUT2D eigenvalue weighted by atomic mass is 19.1. The normalized spacial score (nSPS) is 11.6. The van der Waals surface area contributed by atoms with Crippen molar-refractivity contribution in [3.8, 4) is 5.75 Å². The Labute approximate surface area is 95.2 Å². The van der Waals surface area contributed by atoms with Crippen LogP contribution in [0.25, 0.3) is 0 Å². The monoisotopic (exact) mass is 227 g/mol. The molecule has 0 heterocycles. The van der Waals surface area contributed by atoms with Gasteiger partial charge in [-0.2, -0.15) is 0 Å². The van der Waals surface area contributed by atoms with E-state index in [1.54, 1.807) is 27.0 Å². The van der Waals surface area contributed by atoms with Crippen LogP contribution in [0.2, 0.25) is 0 Å². The Balaban J connectivity index is 2.78. The van der Waals surface area contributed by atoms with Gasteiger partial charge in [0.15, 0.2) is 0 Å². The van der Waals surface area contributed by atoms with Gasteiger partial charge in [0.25, 0.3) is 0 Å². The van der Waals surface area contributed by atoms with Crippen LogP contribution < -0.4 is 10.1 Å². The molecule has 16 heavy (non-hydrogen) atoms. The predicted octanol–water partition coefficient (Wildman–Crippen LogP) is 1.69. The molecule has 0 aliphatic carbocycles. The van der Waals surface area contributed by atoms with Crippen molar-refractivity contribution < 1.29 is 14.2 Å². The highest BCUT2D eigenvalue weighted by molar-refractivity contribution is 5.34. The third-order valence-electron chi connectivity index (χ3n) is 1.97. The quantitative estimate of drug-likeness (QED) is 0.804. The van der Waals surface area contributed by atoms with Crippen molar-refractivity contribution in [3.63, 3.8) is 0 Å². The molecule has 1 aromatic rings. The lowest BCUT2D eigenvalue weighted by atomic mass is 10.1. The van der Waals surface area contributed by atoms with Gasteiger partial charge in [0.05, 0.1) is 5.60 Å². The molecule has 0 amide bonds. The molecule has 0 saturated carbocycles. The Kier molecular flexibility index (Phi) is 4.26. The van der Waals surface area contributed by atoms with E-state index in [0.29, 0.717) is 12.3 Å². The number of nitrogens with one attached hydrogen (secondary N) is 1. The smallest absolute Gasteiger partial charge is 0.124 e. The van der Waals surface area contributed by atoms with E-state index in [1.165, 1.54) is 12.1 Å². The van der Waals surface area contributed by atoms with Crippen LogP contribution in [0.5, 0.6) is 5.75 Å². The largest absolute Gasteiger partial charge is 0.490 e. The maximum Gasteiger partial charge on any atom is 0.124 e. The summed E-state index contributed by atoms with van der Waals surface area (Å²) in [5.74, 6) is 0.304. The molecule has 0 saturated heterocycles. The summed E-state index contributed by atoms with van der Waals surface area (Å²) >= 11 is 0. The summed E-state index contributed by atoms with van der Waals surface area (Å²) in [5, 5.41) is 12.5. The van der Waals surface area contributed by atoms with Crippen LogP contribution in [-0.4, -0.2) is 24.4 Å². The van der Waals surface area contributed by atoms with Crippen molar-refractivity contribution in [3.05, 3.63) is 29.6 Å². The van der Waals surface area contributed by atoms with Crippen molar-refractivity contribution in [2.45, 2.75) is 26.0 Å². The second-order valence-corrected chi connectivity index (χ2v) is 4.38. The summed E-state index contributed by atoms with van der Waals surface area (Å²) in [6, 6.07) is 4.35. The number of hydrogen-bond donors (Lipinski definition) is 2. The van der Waals surface area contributed by atoms with Crippen molar-refractivity contribution in [2.75, 3.05) is 13.7 Å². The summed E-state index contributed by atoms with van der Waals surface area (Å²) in [5.41, 5.74) is -0.155. The molecule has 0 unspecified atom stereocenters. The zero-order valence-electron chi connectivity index (χ0n) is 9.88. The van der Waals surface area contributed by atoms with E-state index in [0.717, 1.165) is 5.56 Å². The first-order valence-corrected chi connectivity index (χ1v) is 5.20. The molecule has 90 valence electrons. The van der Waals surface area contributed by atoms with Gasteiger partial charge >= 0.3 is 0 Å². The predicted molar refractivity (Wildman–Crippen MR) is 61.0 cm³/mol. The maximum atomic E-state index is 13.0. The fraction of sp³-hybridized carbons (Fsp3) is 0.500. The summed E-state index contributed by atoms with van der Waals surface area (Å²) in [6.45, 7) is 4.02. The average Bonchev–Trinajstić information content (AvgIpc) is 2.15. The molecule has 0 aliphatic heterocycles. The minimum Gasteiger partial charge on any atom is -0.490 e. The Hall–Kier alpha value is -1.13. The SMILES string of the molecule is CNCc1cc(F)ccc1OCC(C)(C)O. The maximum absolute atomic E-state index is 13.0. The van der Waals surface area contributed by atoms with E-state index >= 15 is 0 Å². The van der Waals surface area contributed by atoms with E-state index < -0.39 is 5.60 Å². The lowest BCUT2D eigenvalue weighted by molar-refractivity contribution is 0.0281. The van der Waals surface area contributed by atoms with Crippen LogP contribution in [-0.2, 0) is 6.54 Å². The molecule has 0 aromatic heterocycles. The Morgan fingerprint density at radius 1 is 1.44 bits per heavy atom. The molecule has 1 aromatic carbocycles. The van der Waals surface area contributed by atoms with E-state index in [2.05, 4.69) is 5.32 Å². The molecule has 0 spiro atoms. The fourth-order valence-electron chi connectivity index (χ4n) is 1.27. The van der Waals surface area contributed by atoms with Gasteiger partial charge in [-0.15, -0.1) is 0 Å². The van der Waals surface area contributed by atoms with Gasteiger partial charge in [0.2, 0.25) is 0 Å². The van der Waals surface area contributed by atoms with Crippen LogP contribution >= 0.6 is 0 Å². The highest BCUT2D eigenvalue weighted by Crippen LogP contribution is 2.20.